The molecule has 0 N–H and O–H groups in total. The monoisotopic (exact) mass is 439 g/mol. The van der Waals surface area contributed by atoms with E-state index in [0.717, 1.165) is 52.6 Å². The number of fused-ring (bicyclic) bond motifs is 2. The second-order valence-electron chi connectivity index (χ2n) is 8.28. The lowest BCUT2D eigenvalue weighted by Crippen LogP contribution is -2.15. The highest BCUT2D eigenvalue weighted by Crippen LogP contribution is 2.36. The Balaban J connectivity index is 1.55. The second-order valence-corrected chi connectivity index (χ2v) is 8.28. The number of hydrogen-bond acceptors (Lipinski definition) is 6. The Kier molecular flexibility index (Phi) is 5.73. The van der Waals surface area contributed by atoms with Gasteiger partial charge in [-0.25, -0.2) is 9.78 Å². The van der Waals surface area contributed by atoms with Crippen LogP contribution in [0.2, 0.25) is 0 Å². The van der Waals surface area contributed by atoms with E-state index in [4.69, 9.17) is 14.1 Å². The number of aryl methyl sites for hydroxylation is 2. The number of pyridine rings is 1. The summed E-state index contributed by atoms with van der Waals surface area (Å²) < 4.78 is 11.1. The molecule has 0 amide bonds. The Bertz CT molecular complexity index is 1350. The van der Waals surface area contributed by atoms with Crippen molar-refractivity contribution in [1.82, 2.24) is 15.2 Å². The molecular weight excluding hydrogens is 414 g/mol. The Morgan fingerprint density at radius 3 is 2.64 bits per heavy atom. The van der Waals surface area contributed by atoms with Gasteiger partial charge in [0.25, 0.3) is 5.89 Å². The predicted octanol–water partition coefficient (Wildman–Crippen LogP) is 5.72. The Hall–Kier alpha value is -3.80. The first-order chi connectivity index (χ1) is 16.1. The number of ether oxygens (including phenoxy) is 1. The molecule has 0 bridgehead atoms. The lowest BCUT2D eigenvalue weighted by molar-refractivity contribution is 0.0437. The van der Waals surface area contributed by atoms with Crippen molar-refractivity contribution in [2.24, 2.45) is 0 Å². The quantitative estimate of drug-likeness (QED) is 0.370. The maximum absolute atomic E-state index is 13.3. The Morgan fingerprint density at radius 2 is 1.85 bits per heavy atom. The molecule has 33 heavy (non-hydrogen) atoms. The number of hydrogen-bond donors (Lipinski definition) is 0. The number of rotatable bonds is 5. The van der Waals surface area contributed by atoms with E-state index in [0.29, 0.717) is 23.8 Å². The molecule has 5 rings (SSSR count). The van der Waals surface area contributed by atoms with Crippen molar-refractivity contribution in [3.8, 4) is 0 Å². The molecule has 2 aromatic heterocycles. The average molecular weight is 440 g/mol. The average Bonchev–Trinajstić information content (AvgIpc) is 3.31. The van der Waals surface area contributed by atoms with Crippen LogP contribution in [0.4, 0.5) is 0 Å². The summed E-state index contributed by atoms with van der Waals surface area (Å²) >= 11 is 0. The molecule has 0 unspecified atom stereocenters. The zero-order valence-electron chi connectivity index (χ0n) is 18.8. The normalized spacial score (nSPS) is 14.4. The summed E-state index contributed by atoms with van der Waals surface area (Å²) in [6, 6.07) is 16.2. The molecule has 6 heteroatoms. The minimum absolute atomic E-state index is 0.0523. The Morgan fingerprint density at radius 1 is 1.06 bits per heavy atom. The van der Waals surface area contributed by atoms with Crippen molar-refractivity contribution >= 4 is 28.5 Å². The van der Waals surface area contributed by atoms with Gasteiger partial charge in [0.1, 0.15) is 0 Å². The number of benzene rings is 2. The van der Waals surface area contributed by atoms with Gasteiger partial charge in [-0.05, 0) is 55.0 Å². The Labute approximate surface area is 192 Å². The van der Waals surface area contributed by atoms with Gasteiger partial charge in [0.15, 0.2) is 6.61 Å². The van der Waals surface area contributed by atoms with E-state index in [1.807, 2.05) is 31.2 Å². The van der Waals surface area contributed by atoms with Crippen molar-refractivity contribution in [2.45, 2.75) is 46.1 Å². The van der Waals surface area contributed by atoms with Gasteiger partial charge in [0.05, 0.1) is 16.8 Å². The van der Waals surface area contributed by atoms with Crippen LogP contribution in [-0.4, -0.2) is 21.2 Å². The van der Waals surface area contributed by atoms with Gasteiger partial charge in [0.2, 0.25) is 5.89 Å². The van der Waals surface area contributed by atoms with Gasteiger partial charge in [0, 0.05) is 11.8 Å². The summed E-state index contributed by atoms with van der Waals surface area (Å²) in [5, 5.41) is 8.69. The fraction of sp³-hybridized carbons (Fsp3) is 0.259. The predicted molar refractivity (Wildman–Crippen MR) is 127 cm³/mol. The first kappa shape index (κ1) is 21.1. The maximum Gasteiger partial charge on any atom is 0.339 e. The molecular formula is C27H25N3O3. The van der Waals surface area contributed by atoms with E-state index in [-0.39, 0.29) is 6.61 Å². The number of carbonyl (C=O) groups is 1. The number of para-hydroxylation sites is 1. The summed E-state index contributed by atoms with van der Waals surface area (Å²) in [4.78, 5) is 18.3. The first-order valence-corrected chi connectivity index (χ1v) is 11.3. The molecule has 2 heterocycles. The van der Waals surface area contributed by atoms with E-state index in [9.17, 15) is 4.79 Å². The maximum atomic E-state index is 13.3. The molecule has 6 nitrogen and oxygen atoms in total. The van der Waals surface area contributed by atoms with Crippen LogP contribution in [0.3, 0.4) is 0 Å². The van der Waals surface area contributed by atoms with E-state index >= 15 is 0 Å². The smallest absolute Gasteiger partial charge is 0.339 e. The van der Waals surface area contributed by atoms with Crippen molar-refractivity contribution in [3.63, 3.8) is 0 Å². The zero-order valence-corrected chi connectivity index (χ0v) is 18.8. The van der Waals surface area contributed by atoms with Crippen LogP contribution >= 0.6 is 0 Å². The standard InChI is InChI=1S/C27H25N3O3/c1-3-23-29-30-24(33-23)16-32-27(31)25-20-8-4-5-10-22(20)28-26-19(7-6-9-21(25)26)15-18-13-11-17(2)12-14-18/h4-5,8,10-15H,3,6-7,9,16H2,1-2H3/b19-15+. The van der Waals surface area contributed by atoms with Gasteiger partial charge in [-0.3, -0.25) is 0 Å². The van der Waals surface area contributed by atoms with Crippen molar-refractivity contribution in [2.75, 3.05) is 0 Å². The molecule has 1 aliphatic rings. The topological polar surface area (TPSA) is 78.1 Å². The first-order valence-electron chi connectivity index (χ1n) is 11.3. The molecule has 0 saturated carbocycles. The van der Waals surface area contributed by atoms with Gasteiger partial charge < -0.3 is 9.15 Å². The third-order valence-electron chi connectivity index (χ3n) is 5.93. The van der Waals surface area contributed by atoms with Crippen molar-refractivity contribution in [1.29, 1.82) is 0 Å². The van der Waals surface area contributed by atoms with E-state index < -0.39 is 5.97 Å². The van der Waals surface area contributed by atoms with E-state index in [1.165, 1.54) is 5.56 Å². The highest BCUT2D eigenvalue weighted by Gasteiger charge is 2.26. The number of allylic oxidation sites excluding steroid dienone is 1. The van der Waals surface area contributed by atoms with Gasteiger partial charge in [-0.15, -0.1) is 10.2 Å². The molecule has 0 aliphatic heterocycles. The molecule has 0 saturated heterocycles. The number of carbonyl (C=O) groups excluding carboxylic acids is 1. The lowest BCUT2D eigenvalue weighted by Gasteiger charge is -2.22. The fourth-order valence-electron chi connectivity index (χ4n) is 4.26. The third-order valence-corrected chi connectivity index (χ3v) is 5.93. The molecule has 0 fully saturated rings. The molecule has 166 valence electrons. The molecule has 4 aromatic rings. The van der Waals surface area contributed by atoms with Gasteiger partial charge in [-0.1, -0.05) is 55.0 Å². The van der Waals surface area contributed by atoms with Crippen LogP contribution < -0.4 is 0 Å². The minimum Gasteiger partial charge on any atom is -0.452 e. The minimum atomic E-state index is -0.391. The van der Waals surface area contributed by atoms with E-state index in [2.05, 4.69) is 47.5 Å². The SMILES string of the molecule is CCc1nnc(COC(=O)c2c3c(nc4ccccc24)/C(=C/c2ccc(C)cc2)CCC3)o1. The largest absolute Gasteiger partial charge is 0.452 e. The summed E-state index contributed by atoms with van der Waals surface area (Å²) in [5.41, 5.74) is 6.70. The van der Waals surface area contributed by atoms with Gasteiger partial charge >= 0.3 is 5.97 Å². The summed E-state index contributed by atoms with van der Waals surface area (Å²) in [6.45, 7) is 3.96. The molecule has 0 atom stereocenters. The summed E-state index contributed by atoms with van der Waals surface area (Å²) in [5.74, 6) is 0.434. The second kappa shape index (κ2) is 8.98. The van der Waals surface area contributed by atoms with Crippen LogP contribution in [0.1, 0.15) is 64.3 Å². The molecule has 0 radical (unpaired) electrons. The molecule has 1 aliphatic carbocycles. The van der Waals surface area contributed by atoms with E-state index in [1.54, 1.807) is 0 Å². The highest BCUT2D eigenvalue weighted by molar-refractivity contribution is 6.06. The van der Waals surface area contributed by atoms with Crippen LogP contribution in [0, 0.1) is 6.92 Å². The fourth-order valence-corrected chi connectivity index (χ4v) is 4.26. The highest BCUT2D eigenvalue weighted by atomic mass is 16.5. The lowest BCUT2D eigenvalue weighted by atomic mass is 9.86. The third kappa shape index (κ3) is 4.29. The van der Waals surface area contributed by atoms with Crippen LogP contribution in [0.15, 0.2) is 52.9 Å². The summed E-state index contributed by atoms with van der Waals surface area (Å²) in [7, 11) is 0. The summed E-state index contributed by atoms with van der Waals surface area (Å²) in [6.07, 6.45) is 5.47. The van der Waals surface area contributed by atoms with Crippen LogP contribution in [0.5, 0.6) is 0 Å². The van der Waals surface area contributed by atoms with Gasteiger partial charge in [-0.2, -0.15) is 0 Å². The van der Waals surface area contributed by atoms with Crippen molar-refractivity contribution < 1.29 is 13.9 Å². The van der Waals surface area contributed by atoms with Crippen LogP contribution in [-0.2, 0) is 24.2 Å². The van der Waals surface area contributed by atoms with Crippen molar-refractivity contribution in [3.05, 3.63) is 88.3 Å². The van der Waals surface area contributed by atoms with Crippen LogP contribution in [0.25, 0.3) is 22.6 Å². The number of aromatic nitrogens is 3. The zero-order chi connectivity index (χ0) is 22.8. The number of nitrogens with zero attached hydrogens (tertiary/aromatic N) is 3. The molecule has 0 spiro atoms. The molecule has 2 aromatic carbocycles. The number of esters is 1.